The summed E-state index contributed by atoms with van der Waals surface area (Å²) in [5.74, 6) is -2.35. The van der Waals surface area contributed by atoms with Gasteiger partial charge in [-0.3, -0.25) is 9.59 Å². The van der Waals surface area contributed by atoms with Gasteiger partial charge in [-0.1, -0.05) is 30.3 Å². The van der Waals surface area contributed by atoms with Crippen LogP contribution in [0, 0.1) is 11.6 Å². The number of thiophene rings is 1. The van der Waals surface area contributed by atoms with Gasteiger partial charge in [0.15, 0.2) is 0 Å². The third kappa shape index (κ3) is 4.77. The molecule has 0 unspecified atom stereocenters. The van der Waals surface area contributed by atoms with Crippen molar-refractivity contribution in [2.24, 2.45) is 0 Å². The van der Waals surface area contributed by atoms with Gasteiger partial charge >= 0.3 is 0 Å². The van der Waals surface area contributed by atoms with E-state index in [1.165, 1.54) is 17.4 Å². The second kappa shape index (κ2) is 8.55. The average molecular weight is 386 g/mol. The third-order valence-corrected chi connectivity index (χ3v) is 4.51. The average Bonchev–Trinajstić information content (AvgIpc) is 3.19. The van der Waals surface area contributed by atoms with Crippen LogP contribution in [-0.2, 0) is 4.79 Å². The minimum absolute atomic E-state index is 0.0408. The first-order valence-corrected chi connectivity index (χ1v) is 9.13. The highest BCUT2D eigenvalue weighted by Gasteiger charge is 2.16. The van der Waals surface area contributed by atoms with E-state index in [1.54, 1.807) is 47.2 Å². The molecule has 3 aromatic rings. The fraction of sp³-hybridized carbons (Fsp3) is 0.100. The van der Waals surface area contributed by atoms with Crippen LogP contribution < -0.4 is 10.6 Å². The molecular formula is C20H16F2N2O2S. The molecule has 0 aliphatic rings. The van der Waals surface area contributed by atoms with Gasteiger partial charge < -0.3 is 10.6 Å². The zero-order chi connectivity index (χ0) is 19.2. The van der Waals surface area contributed by atoms with Crippen LogP contribution in [0.2, 0.25) is 0 Å². The molecule has 0 fully saturated rings. The van der Waals surface area contributed by atoms with Crippen LogP contribution in [0.5, 0.6) is 0 Å². The number of halogens is 2. The number of hydrogen-bond donors (Lipinski definition) is 2. The fourth-order valence-corrected chi connectivity index (χ4v) is 3.17. The van der Waals surface area contributed by atoms with Crippen molar-refractivity contribution >= 4 is 28.8 Å². The van der Waals surface area contributed by atoms with Gasteiger partial charge in [0.25, 0.3) is 5.91 Å². The quantitative estimate of drug-likeness (QED) is 0.658. The van der Waals surface area contributed by atoms with Gasteiger partial charge in [-0.25, -0.2) is 8.78 Å². The van der Waals surface area contributed by atoms with Crippen molar-refractivity contribution in [1.29, 1.82) is 0 Å². The third-order valence-electron chi connectivity index (χ3n) is 3.83. The smallest absolute Gasteiger partial charge is 0.252 e. The van der Waals surface area contributed by atoms with Gasteiger partial charge in [-0.05, 0) is 23.1 Å². The Balaban J connectivity index is 1.68. The molecule has 0 aliphatic carbocycles. The van der Waals surface area contributed by atoms with E-state index >= 15 is 0 Å². The number of anilines is 1. The van der Waals surface area contributed by atoms with E-state index in [0.29, 0.717) is 11.1 Å². The van der Waals surface area contributed by atoms with Crippen molar-refractivity contribution in [2.75, 3.05) is 11.9 Å². The van der Waals surface area contributed by atoms with E-state index in [9.17, 15) is 18.4 Å². The summed E-state index contributed by atoms with van der Waals surface area (Å²) in [4.78, 5) is 24.0. The SMILES string of the molecule is O=C(CCNC(=O)c1ccsc1)Nc1c(F)cc(F)cc1-c1ccccc1. The Hall–Kier alpha value is -3.06. The lowest BCUT2D eigenvalue weighted by Crippen LogP contribution is -2.27. The van der Waals surface area contributed by atoms with Gasteiger partial charge in [0, 0.05) is 35.5 Å². The standard InChI is InChI=1S/C20H16F2N2O2S/c21-15-10-16(13-4-2-1-3-5-13)19(17(22)11-15)24-18(25)6-8-23-20(26)14-7-9-27-12-14/h1-5,7,9-12H,6,8H2,(H,23,26)(H,24,25). The number of amides is 2. The summed E-state index contributed by atoms with van der Waals surface area (Å²) in [5.41, 5.74) is 1.27. The van der Waals surface area contributed by atoms with Crippen LogP contribution in [0.15, 0.2) is 59.3 Å². The molecule has 1 aromatic heterocycles. The maximum atomic E-state index is 14.3. The van der Waals surface area contributed by atoms with Gasteiger partial charge in [-0.2, -0.15) is 11.3 Å². The maximum Gasteiger partial charge on any atom is 0.252 e. The van der Waals surface area contributed by atoms with Crippen LogP contribution in [0.1, 0.15) is 16.8 Å². The summed E-state index contributed by atoms with van der Waals surface area (Å²) in [6, 6.07) is 12.2. The van der Waals surface area contributed by atoms with Crippen LogP contribution in [-0.4, -0.2) is 18.4 Å². The number of rotatable bonds is 6. The van der Waals surface area contributed by atoms with E-state index in [2.05, 4.69) is 10.6 Å². The Morgan fingerprint density at radius 2 is 1.81 bits per heavy atom. The lowest BCUT2D eigenvalue weighted by Gasteiger charge is -2.13. The van der Waals surface area contributed by atoms with Crippen LogP contribution in [0.25, 0.3) is 11.1 Å². The van der Waals surface area contributed by atoms with Crippen molar-refractivity contribution in [3.63, 3.8) is 0 Å². The number of benzene rings is 2. The highest BCUT2D eigenvalue weighted by Crippen LogP contribution is 2.31. The Kier molecular flexibility index (Phi) is 5.93. The summed E-state index contributed by atoms with van der Waals surface area (Å²) in [5, 5.41) is 8.59. The number of carbonyl (C=O) groups excluding carboxylic acids is 2. The lowest BCUT2D eigenvalue weighted by atomic mass is 10.0. The Labute approximate surface area is 158 Å². The predicted molar refractivity (Wildman–Crippen MR) is 102 cm³/mol. The zero-order valence-corrected chi connectivity index (χ0v) is 15.0. The van der Waals surface area contributed by atoms with E-state index in [0.717, 1.165) is 6.07 Å². The monoisotopic (exact) mass is 386 g/mol. The first kappa shape index (κ1) is 18.7. The second-order valence-electron chi connectivity index (χ2n) is 5.74. The minimum Gasteiger partial charge on any atom is -0.351 e. The molecule has 7 heteroatoms. The van der Waals surface area contributed by atoms with E-state index < -0.39 is 17.5 Å². The van der Waals surface area contributed by atoms with Gasteiger partial charge in [0.05, 0.1) is 5.69 Å². The Bertz CT molecular complexity index is 944. The fourth-order valence-electron chi connectivity index (χ4n) is 2.53. The zero-order valence-electron chi connectivity index (χ0n) is 14.2. The molecule has 0 radical (unpaired) electrons. The van der Waals surface area contributed by atoms with Gasteiger partial charge in [0.2, 0.25) is 5.91 Å². The Morgan fingerprint density at radius 1 is 1.04 bits per heavy atom. The molecule has 0 saturated carbocycles. The predicted octanol–water partition coefficient (Wildman–Crippen LogP) is 4.45. The number of nitrogens with one attached hydrogen (secondary N) is 2. The molecule has 2 aromatic carbocycles. The highest BCUT2D eigenvalue weighted by molar-refractivity contribution is 7.08. The van der Waals surface area contributed by atoms with Crippen molar-refractivity contribution in [3.8, 4) is 11.1 Å². The van der Waals surface area contributed by atoms with Crippen LogP contribution in [0.4, 0.5) is 14.5 Å². The molecule has 138 valence electrons. The first-order chi connectivity index (χ1) is 13.0. The van der Waals surface area contributed by atoms with Crippen molar-refractivity contribution in [2.45, 2.75) is 6.42 Å². The minimum atomic E-state index is -0.857. The summed E-state index contributed by atoms with van der Waals surface area (Å²) >= 11 is 1.40. The molecule has 3 rings (SSSR count). The molecule has 0 saturated heterocycles. The second-order valence-corrected chi connectivity index (χ2v) is 6.52. The Morgan fingerprint density at radius 3 is 2.52 bits per heavy atom. The van der Waals surface area contributed by atoms with E-state index in [-0.39, 0.29) is 30.1 Å². The summed E-state index contributed by atoms with van der Waals surface area (Å²) in [6.07, 6.45) is -0.0408. The molecule has 0 aliphatic heterocycles. The summed E-state index contributed by atoms with van der Waals surface area (Å²) in [6.45, 7) is 0.101. The molecule has 4 nitrogen and oxygen atoms in total. The molecule has 2 N–H and O–H groups in total. The number of hydrogen-bond acceptors (Lipinski definition) is 3. The summed E-state index contributed by atoms with van der Waals surface area (Å²) in [7, 11) is 0. The summed E-state index contributed by atoms with van der Waals surface area (Å²) < 4.78 is 27.9. The topological polar surface area (TPSA) is 58.2 Å². The molecule has 0 bridgehead atoms. The van der Waals surface area contributed by atoms with E-state index in [1.807, 2.05) is 0 Å². The van der Waals surface area contributed by atoms with Crippen molar-refractivity contribution in [3.05, 3.63) is 76.5 Å². The normalized spacial score (nSPS) is 10.4. The van der Waals surface area contributed by atoms with E-state index in [4.69, 9.17) is 0 Å². The molecule has 0 atom stereocenters. The van der Waals surface area contributed by atoms with Crippen LogP contribution in [0.3, 0.4) is 0 Å². The maximum absolute atomic E-state index is 14.3. The first-order valence-electron chi connectivity index (χ1n) is 8.19. The molecule has 0 spiro atoms. The largest absolute Gasteiger partial charge is 0.351 e. The molecule has 2 amide bonds. The number of carbonyl (C=O) groups is 2. The molecular weight excluding hydrogens is 370 g/mol. The molecule has 1 heterocycles. The highest BCUT2D eigenvalue weighted by atomic mass is 32.1. The van der Waals surface area contributed by atoms with Gasteiger partial charge in [0.1, 0.15) is 11.6 Å². The van der Waals surface area contributed by atoms with Gasteiger partial charge in [-0.15, -0.1) is 0 Å². The van der Waals surface area contributed by atoms with Crippen molar-refractivity contribution in [1.82, 2.24) is 5.32 Å². The molecule has 27 heavy (non-hydrogen) atoms. The lowest BCUT2D eigenvalue weighted by molar-refractivity contribution is -0.116. The van der Waals surface area contributed by atoms with Crippen LogP contribution >= 0.6 is 11.3 Å². The van der Waals surface area contributed by atoms with Crippen molar-refractivity contribution < 1.29 is 18.4 Å².